The van der Waals surface area contributed by atoms with E-state index in [1.807, 2.05) is 0 Å². The molecule has 3 aromatic rings. The van der Waals surface area contributed by atoms with Crippen molar-refractivity contribution in [3.05, 3.63) is 70.8 Å². The maximum Gasteiger partial charge on any atom is 0.0215 e. The lowest BCUT2D eigenvalue weighted by Gasteiger charge is -2.42. The quantitative estimate of drug-likeness (QED) is 0.399. The van der Waals surface area contributed by atoms with E-state index in [2.05, 4.69) is 90.1 Å². The van der Waals surface area contributed by atoms with Gasteiger partial charge in [-0.3, -0.25) is 0 Å². The molecule has 0 aliphatic heterocycles. The van der Waals surface area contributed by atoms with Gasteiger partial charge >= 0.3 is 0 Å². The highest BCUT2D eigenvalue weighted by molar-refractivity contribution is 6.03. The molecule has 0 aromatic heterocycles. The number of rotatable bonds is 6. The lowest BCUT2D eigenvalue weighted by atomic mass is 9.60. The minimum atomic E-state index is 0.120. The predicted octanol–water partition coefficient (Wildman–Crippen LogP) is 8.60. The first-order valence-corrected chi connectivity index (χ1v) is 11.5. The molecule has 3 aromatic carbocycles. The zero-order valence-electron chi connectivity index (χ0n) is 19.1. The van der Waals surface area contributed by atoms with E-state index < -0.39 is 0 Å². The van der Waals surface area contributed by atoms with Gasteiger partial charge in [0.25, 0.3) is 0 Å². The Labute approximate surface area is 177 Å². The Morgan fingerprint density at radius 2 is 1.34 bits per heavy atom. The van der Waals surface area contributed by atoms with Gasteiger partial charge in [0.15, 0.2) is 0 Å². The third-order valence-electron chi connectivity index (χ3n) is 6.91. The van der Waals surface area contributed by atoms with Crippen LogP contribution in [0.3, 0.4) is 0 Å². The Balaban J connectivity index is 2.08. The van der Waals surface area contributed by atoms with E-state index in [1.54, 1.807) is 11.1 Å². The molecule has 0 spiro atoms. The van der Waals surface area contributed by atoms with Crippen LogP contribution in [0, 0.1) is 25.7 Å². The summed E-state index contributed by atoms with van der Waals surface area (Å²) >= 11 is 0. The summed E-state index contributed by atoms with van der Waals surface area (Å²) in [6.07, 6.45) is 5.01. The molecule has 152 valence electrons. The summed E-state index contributed by atoms with van der Waals surface area (Å²) < 4.78 is 0. The standard InChI is InChI=1S/C29H36/c1-19(2)12-14-29(15-13-20(3)4)26-17-21(5)10-11-24(26)25-9-7-8-23-16-22(6)18-27(29)28(23)25/h7-11,16-20H,12-15H2,1-6H3. The molecule has 1 aliphatic carbocycles. The molecular formula is C29H36. The SMILES string of the molecule is Cc1ccc2c(c1)C(CCC(C)C)(CCC(C)C)c1cc(C)cc3cccc-2c13. The largest absolute Gasteiger partial charge is 0.0628 e. The van der Waals surface area contributed by atoms with Crippen LogP contribution in [0.25, 0.3) is 21.9 Å². The second-order valence-corrected chi connectivity index (χ2v) is 10.2. The summed E-state index contributed by atoms with van der Waals surface area (Å²) in [5.74, 6) is 1.44. The van der Waals surface area contributed by atoms with Gasteiger partial charge in [-0.1, -0.05) is 87.4 Å². The van der Waals surface area contributed by atoms with Crippen LogP contribution in [-0.4, -0.2) is 0 Å². The molecule has 0 fully saturated rings. The second-order valence-electron chi connectivity index (χ2n) is 10.2. The molecule has 0 nitrogen and oxygen atoms in total. The van der Waals surface area contributed by atoms with Crippen molar-refractivity contribution in [2.24, 2.45) is 11.8 Å². The van der Waals surface area contributed by atoms with Crippen LogP contribution in [-0.2, 0) is 5.41 Å². The average molecular weight is 385 g/mol. The first-order chi connectivity index (χ1) is 13.8. The van der Waals surface area contributed by atoms with Crippen LogP contribution in [0.5, 0.6) is 0 Å². The molecule has 0 saturated carbocycles. The Morgan fingerprint density at radius 3 is 2.00 bits per heavy atom. The topological polar surface area (TPSA) is 0 Å². The molecule has 0 bridgehead atoms. The highest BCUT2D eigenvalue weighted by Gasteiger charge is 2.40. The lowest BCUT2D eigenvalue weighted by Crippen LogP contribution is -2.32. The molecule has 0 amide bonds. The fourth-order valence-corrected chi connectivity index (χ4v) is 5.35. The average Bonchev–Trinajstić information content (AvgIpc) is 2.66. The minimum Gasteiger partial charge on any atom is -0.0628 e. The fourth-order valence-electron chi connectivity index (χ4n) is 5.35. The molecule has 0 heteroatoms. The summed E-state index contributed by atoms with van der Waals surface area (Å²) in [6, 6.07) is 19.0. The van der Waals surface area contributed by atoms with Gasteiger partial charge in [-0.15, -0.1) is 0 Å². The van der Waals surface area contributed by atoms with E-state index in [9.17, 15) is 0 Å². The summed E-state index contributed by atoms with van der Waals surface area (Å²) in [5, 5.41) is 2.91. The van der Waals surface area contributed by atoms with Crippen molar-refractivity contribution in [3.8, 4) is 11.1 Å². The summed E-state index contributed by atoms with van der Waals surface area (Å²) in [5.41, 5.74) is 8.94. The molecule has 0 heterocycles. The van der Waals surface area contributed by atoms with Gasteiger partial charge in [-0.05, 0) is 84.4 Å². The Hall–Kier alpha value is -2.08. The van der Waals surface area contributed by atoms with Crippen LogP contribution in [0.1, 0.15) is 75.6 Å². The van der Waals surface area contributed by atoms with Crippen molar-refractivity contribution < 1.29 is 0 Å². The Morgan fingerprint density at radius 1 is 0.690 bits per heavy atom. The second kappa shape index (κ2) is 7.63. The van der Waals surface area contributed by atoms with Crippen LogP contribution in [0.2, 0.25) is 0 Å². The number of hydrogen-bond acceptors (Lipinski definition) is 0. The molecule has 0 atom stereocenters. The van der Waals surface area contributed by atoms with Gasteiger partial charge in [0.05, 0.1) is 0 Å². The normalized spacial score (nSPS) is 14.6. The smallest absolute Gasteiger partial charge is 0.0215 e. The van der Waals surface area contributed by atoms with Gasteiger partial charge < -0.3 is 0 Å². The van der Waals surface area contributed by atoms with Gasteiger partial charge in [-0.2, -0.15) is 0 Å². The first-order valence-electron chi connectivity index (χ1n) is 11.5. The summed E-state index contributed by atoms with van der Waals surface area (Å²) in [4.78, 5) is 0. The monoisotopic (exact) mass is 384 g/mol. The van der Waals surface area contributed by atoms with E-state index in [4.69, 9.17) is 0 Å². The van der Waals surface area contributed by atoms with E-state index in [0.29, 0.717) is 0 Å². The van der Waals surface area contributed by atoms with Crippen molar-refractivity contribution in [2.45, 2.75) is 72.6 Å². The highest BCUT2D eigenvalue weighted by atomic mass is 14.4. The molecular weight excluding hydrogens is 348 g/mol. The van der Waals surface area contributed by atoms with Crippen LogP contribution < -0.4 is 0 Å². The molecule has 0 unspecified atom stereocenters. The van der Waals surface area contributed by atoms with Crippen molar-refractivity contribution in [3.63, 3.8) is 0 Å². The van der Waals surface area contributed by atoms with Gasteiger partial charge in [0.2, 0.25) is 0 Å². The molecule has 4 rings (SSSR count). The van der Waals surface area contributed by atoms with E-state index in [-0.39, 0.29) is 5.41 Å². The van der Waals surface area contributed by atoms with E-state index in [0.717, 1.165) is 11.8 Å². The lowest BCUT2D eigenvalue weighted by molar-refractivity contribution is 0.359. The third-order valence-corrected chi connectivity index (χ3v) is 6.91. The summed E-state index contributed by atoms with van der Waals surface area (Å²) in [7, 11) is 0. The van der Waals surface area contributed by atoms with Gasteiger partial charge in [0.1, 0.15) is 0 Å². The number of hydrogen-bond donors (Lipinski definition) is 0. The number of aryl methyl sites for hydroxylation is 2. The van der Waals surface area contributed by atoms with Crippen molar-refractivity contribution in [1.29, 1.82) is 0 Å². The molecule has 1 aliphatic rings. The predicted molar refractivity (Wildman–Crippen MR) is 128 cm³/mol. The molecule has 0 saturated heterocycles. The van der Waals surface area contributed by atoms with Gasteiger partial charge in [-0.25, -0.2) is 0 Å². The third kappa shape index (κ3) is 3.52. The molecule has 0 N–H and O–H groups in total. The van der Waals surface area contributed by atoms with E-state index >= 15 is 0 Å². The van der Waals surface area contributed by atoms with Gasteiger partial charge in [0, 0.05) is 5.41 Å². The van der Waals surface area contributed by atoms with Crippen molar-refractivity contribution >= 4 is 10.8 Å². The van der Waals surface area contributed by atoms with Crippen LogP contribution >= 0.6 is 0 Å². The zero-order chi connectivity index (χ0) is 20.8. The number of fused-ring (bicyclic) bond motifs is 2. The van der Waals surface area contributed by atoms with Crippen LogP contribution in [0.4, 0.5) is 0 Å². The maximum absolute atomic E-state index is 2.51. The molecule has 0 radical (unpaired) electrons. The minimum absolute atomic E-state index is 0.120. The van der Waals surface area contributed by atoms with Crippen LogP contribution in [0.15, 0.2) is 48.5 Å². The van der Waals surface area contributed by atoms with Crippen molar-refractivity contribution in [1.82, 2.24) is 0 Å². The zero-order valence-corrected chi connectivity index (χ0v) is 19.1. The highest BCUT2D eigenvalue weighted by Crippen LogP contribution is 2.54. The Bertz CT molecular complexity index is 1020. The number of benzene rings is 3. The maximum atomic E-state index is 2.51. The fraction of sp³-hybridized carbons (Fsp3) is 0.448. The van der Waals surface area contributed by atoms with Crippen molar-refractivity contribution in [2.75, 3.05) is 0 Å². The van der Waals surface area contributed by atoms with E-state index in [1.165, 1.54) is 58.7 Å². The summed E-state index contributed by atoms with van der Waals surface area (Å²) in [6.45, 7) is 14.0. The molecule has 29 heavy (non-hydrogen) atoms. The Kier molecular flexibility index (Phi) is 5.32. The first kappa shape index (κ1) is 20.2.